The third kappa shape index (κ3) is 3.40. The fraction of sp³-hybridized carbons (Fsp3) is 0.0556. The monoisotopic (exact) mass is 370 g/mol. The van der Waals surface area contributed by atoms with E-state index in [0.717, 1.165) is 21.7 Å². The predicted octanol–water partition coefficient (Wildman–Crippen LogP) is 4.28. The van der Waals surface area contributed by atoms with E-state index in [9.17, 15) is 4.79 Å². The lowest BCUT2D eigenvalue weighted by Crippen LogP contribution is -2.07. The molecule has 0 radical (unpaired) electrons. The Bertz CT molecular complexity index is 1100. The second kappa shape index (κ2) is 7.04. The molecule has 0 fully saturated rings. The van der Waals surface area contributed by atoms with E-state index in [2.05, 4.69) is 20.2 Å². The van der Waals surface area contributed by atoms with E-state index in [4.69, 9.17) is 0 Å². The zero-order chi connectivity index (χ0) is 16.5. The molecule has 3 aromatic heterocycles. The number of hydrogen-bond donors (Lipinski definition) is 2. The van der Waals surface area contributed by atoms with Crippen LogP contribution in [0.1, 0.15) is 17.1 Å². The Morgan fingerprint density at radius 3 is 2.68 bits per heavy atom. The highest BCUT2D eigenvalue weighted by molar-refractivity contribution is 7.22. The van der Waals surface area contributed by atoms with Crippen LogP contribution in [-0.4, -0.2) is 20.2 Å². The van der Waals surface area contributed by atoms with Crippen LogP contribution in [0.2, 0.25) is 0 Å². The van der Waals surface area contributed by atoms with E-state index >= 15 is 0 Å². The van der Waals surface area contributed by atoms with Gasteiger partial charge in [-0.05, 0) is 24.6 Å². The summed E-state index contributed by atoms with van der Waals surface area (Å²) in [7, 11) is 0. The summed E-state index contributed by atoms with van der Waals surface area (Å²) in [5.74, 6) is 0.546. The number of rotatable bonds is 3. The highest BCUT2D eigenvalue weighted by Gasteiger charge is 2.12. The molecule has 0 bridgehead atoms. The first-order chi connectivity index (χ1) is 11.7. The maximum Gasteiger partial charge on any atom is 0.269 e. The van der Waals surface area contributed by atoms with Gasteiger partial charge in [0.05, 0.1) is 11.7 Å². The minimum Gasteiger partial charge on any atom is -0.306 e. The molecule has 0 aliphatic rings. The summed E-state index contributed by atoms with van der Waals surface area (Å²) >= 11 is 1.43. The Kier molecular flexibility index (Phi) is 4.83. The van der Waals surface area contributed by atoms with Crippen LogP contribution in [0.25, 0.3) is 32.8 Å². The molecule has 4 aromatic rings. The van der Waals surface area contributed by atoms with Gasteiger partial charge < -0.3 is 4.98 Å². The molecule has 1 aromatic carbocycles. The van der Waals surface area contributed by atoms with Crippen LogP contribution in [0.5, 0.6) is 0 Å². The van der Waals surface area contributed by atoms with Crippen LogP contribution in [0, 0.1) is 6.92 Å². The molecule has 7 heteroatoms. The van der Waals surface area contributed by atoms with Crippen molar-refractivity contribution in [2.45, 2.75) is 6.92 Å². The van der Waals surface area contributed by atoms with Gasteiger partial charge in [0.15, 0.2) is 0 Å². The minimum atomic E-state index is -0.120. The maximum absolute atomic E-state index is 12.3. The number of aromatic nitrogens is 4. The van der Waals surface area contributed by atoms with E-state index in [1.165, 1.54) is 11.3 Å². The Hall–Kier alpha value is -2.70. The fourth-order valence-corrected chi connectivity index (χ4v) is 3.57. The molecule has 0 saturated carbocycles. The Labute approximate surface area is 153 Å². The van der Waals surface area contributed by atoms with Gasteiger partial charge in [0.25, 0.3) is 5.56 Å². The summed E-state index contributed by atoms with van der Waals surface area (Å²) in [6.07, 6.45) is 5.51. The topological polar surface area (TPSA) is 74.4 Å². The predicted molar refractivity (Wildman–Crippen MR) is 105 cm³/mol. The number of aromatic amines is 2. The van der Waals surface area contributed by atoms with Crippen LogP contribution >= 0.6 is 23.7 Å². The molecule has 0 amide bonds. The quantitative estimate of drug-likeness (QED) is 0.565. The van der Waals surface area contributed by atoms with Crippen molar-refractivity contribution >= 4 is 46.1 Å². The van der Waals surface area contributed by atoms with Gasteiger partial charge in [0, 0.05) is 16.1 Å². The lowest BCUT2D eigenvalue weighted by molar-refractivity contribution is 1.05. The first kappa shape index (κ1) is 17.1. The lowest BCUT2D eigenvalue weighted by atomic mass is 10.2. The van der Waals surface area contributed by atoms with Gasteiger partial charge in [0.2, 0.25) is 0 Å². The van der Waals surface area contributed by atoms with Crippen molar-refractivity contribution in [1.82, 2.24) is 20.2 Å². The van der Waals surface area contributed by atoms with E-state index < -0.39 is 0 Å². The fourth-order valence-electron chi connectivity index (χ4n) is 2.51. The third-order valence-electron chi connectivity index (χ3n) is 3.73. The van der Waals surface area contributed by atoms with Gasteiger partial charge in [-0.25, -0.2) is 4.98 Å². The van der Waals surface area contributed by atoms with Crippen molar-refractivity contribution < 1.29 is 0 Å². The van der Waals surface area contributed by atoms with Crippen LogP contribution in [0.15, 0.2) is 47.4 Å². The van der Waals surface area contributed by atoms with Crippen LogP contribution in [0.3, 0.4) is 0 Å². The number of halogens is 1. The van der Waals surface area contributed by atoms with Gasteiger partial charge >= 0.3 is 0 Å². The van der Waals surface area contributed by atoms with E-state index in [1.807, 2.05) is 55.5 Å². The standard InChI is InChI=1S/C18H14N4OS.ClH/c1-11-13(10-19-22-11)15-9-14-17(24-15)18(23)21-16(20-14)8-7-12-5-3-2-4-6-12;/h2-10H,1H3,(H,19,22)(H,20,21,23);1H. The summed E-state index contributed by atoms with van der Waals surface area (Å²) in [5, 5.41) is 6.95. The molecular formula is C18H15ClN4OS. The first-order valence-electron chi connectivity index (χ1n) is 7.48. The van der Waals surface area contributed by atoms with Gasteiger partial charge in [0.1, 0.15) is 10.5 Å². The van der Waals surface area contributed by atoms with Crippen molar-refractivity contribution in [2.24, 2.45) is 0 Å². The molecule has 126 valence electrons. The zero-order valence-electron chi connectivity index (χ0n) is 13.3. The number of benzene rings is 1. The van der Waals surface area contributed by atoms with Crippen LogP contribution < -0.4 is 5.56 Å². The van der Waals surface area contributed by atoms with Crippen molar-refractivity contribution in [3.63, 3.8) is 0 Å². The lowest BCUT2D eigenvalue weighted by Gasteiger charge is -1.94. The highest BCUT2D eigenvalue weighted by atomic mass is 35.5. The Morgan fingerprint density at radius 2 is 1.96 bits per heavy atom. The average molecular weight is 371 g/mol. The number of hydrogen-bond acceptors (Lipinski definition) is 4. The number of thiophene rings is 1. The zero-order valence-corrected chi connectivity index (χ0v) is 14.9. The second-order valence-corrected chi connectivity index (χ2v) is 6.48. The van der Waals surface area contributed by atoms with Crippen LogP contribution in [0.4, 0.5) is 0 Å². The van der Waals surface area contributed by atoms with Crippen molar-refractivity contribution in [2.75, 3.05) is 0 Å². The summed E-state index contributed by atoms with van der Waals surface area (Å²) in [6.45, 7) is 1.96. The maximum atomic E-state index is 12.3. The normalized spacial score (nSPS) is 11.1. The van der Waals surface area contributed by atoms with E-state index in [1.54, 1.807) is 6.20 Å². The van der Waals surface area contributed by atoms with Gasteiger partial charge in [-0.1, -0.05) is 36.4 Å². The van der Waals surface area contributed by atoms with Gasteiger partial charge in [-0.15, -0.1) is 23.7 Å². The number of fused-ring (bicyclic) bond motifs is 1. The molecule has 0 atom stereocenters. The largest absolute Gasteiger partial charge is 0.306 e. The molecule has 4 rings (SSSR count). The van der Waals surface area contributed by atoms with E-state index in [0.29, 0.717) is 16.0 Å². The molecule has 0 spiro atoms. The molecule has 0 unspecified atom stereocenters. The molecule has 25 heavy (non-hydrogen) atoms. The van der Waals surface area contributed by atoms with Crippen molar-refractivity contribution in [3.05, 3.63) is 70.0 Å². The second-order valence-electron chi connectivity index (χ2n) is 5.43. The first-order valence-corrected chi connectivity index (χ1v) is 8.30. The number of aryl methyl sites for hydroxylation is 1. The van der Waals surface area contributed by atoms with Crippen LogP contribution in [-0.2, 0) is 0 Å². The number of H-pyrrole nitrogens is 2. The summed E-state index contributed by atoms with van der Waals surface area (Å²) in [4.78, 5) is 20.7. The third-order valence-corrected chi connectivity index (χ3v) is 4.89. The molecule has 0 aliphatic heterocycles. The van der Waals surface area contributed by atoms with Gasteiger partial charge in [-0.3, -0.25) is 9.89 Å². The molecule has 0 aliphatic carbocycles. The van der Waals surface area contributed by atoms with Crippen molar-refractivity contribution in [3.8, 4) is 10.4 Å². The summed E-state index contributed by atoms with van der Waals surface area (Å²) in [5.41, 5.74) is 3.61. The Morgan fingerprint density at radius 1 is 1.16 bits per heavy atom. The Balaban J connectivity index is 0.00000182. The number of nitrogens with one attached hydrogen (secondary N) is 2. The average Bonchev–Trinajstić information content (AvgIpc) is 3.20. The summed E-state index contributed by atoms with van der Waals surface area (Å²) in [6, 6.07) is 11.8. The SMILES string of the molecule is Cc1[nH]ncc1-c1cc2nc(C=Cc3ccccc3)[nH]c(=O)c2s1.Cl. The molecular weight excluding hydrogens is 356 g/mol. The summed E-state index contributed by atoms with van der Waals surface area (Å²) < 4.78 is 0.627. The highest BCUT2D eigenvalue weighted by Crippen LogP contribution is 2.31. The minimum absolute atomic E-state index is 0. The molecule has 0 saturated heterocycles. The molecule has 2 N–H and O–H groups in total. The molecule has 3 heterocycles. The van der Waals surface area contributed by atoms with Crippen molar-refractivity contribution in [1.29, 1.82) is 0 Å². The molecule has 5 nitrogen and oxygen atoms in total. The van der Waals surface area contributed by atoms with Gasteiger partial charge in [-0.2, -0.15) is 5.10 Å². The van der Waals surface area contributed by atoms with E-state index in [-0.39, 0.29) is 18.0 Å². The smallest absolute Gasteiger partial charge is 0.269 e. The number of nitrogens with zero attached hydrogens (tertiary/aromatic N) is 2.